The summed E-state index contributed by atoms with van der Waals surface area (Å²) in [6.07, 6.45) is -0.262. The number of aromatic amines is 1. The lowest BCUT2D eigenvalue weighted by molar-refractivity contribution is -0.125. The van der Waals surface area contributed by atoms with Gasteiger partial charge in [-0.2, -0.15) is 0 Å². The van der Waals surface area contributed by atoms with E-state index < -0.39 is 6.10 Å². The van der Waals surface area contributed by atoms with Crippen LogP contribution in [0.3, 0.4) is 0 Å². The molecule has 1 aliphatic rings. The first-order valence-corrected chi connectivity index (χ1v) is 8.12. The molecule has 23 heavy (non-hydrogen) atoms. The highest BCUT2D eigenvalue weighted by Crippen LogP contribution is 2.26. The molecule has 0 radical (unpaired) electrons. The fourth-order valence-corrected chi connectivity index (χ4v) is 3.38. The number of hydrogen-bond donors (Lipinski definition) is 2. The molecule has 3 aromatic rings. The molecule has 8 heteroatoms. The molecule has 1 amide bonds. The summed E-state index contributed by atoms with van der Waals surface area (Å²) in [7, 11) is 0. The summed E-state index contributed by atoms with van der Waals surface area (Å²) in [6, 6.07) is 11.2. The van der Waals surface area contributed by atoms with Gasteiger partial charge in [-0.3, -0.25) is 10.1 Å². The number of oxime groups is 1. The highest BCUT2D eigenvalue weighted by atomic mass is 35.5. The van der Waals surface area contributed by atoms with Crippen LogP contribution in [0.5, 0.6) is 0 Å². The van der Waals surface area contributed by atoms with Crippen LogP contribution in [0.25, 0.3) is 11.0 Å². The average molecular weight is 347 g/mol. The molecular formula is C15H11ClN4O2S. The summed E-state index contributed by atoms with van der Waals surface area (Å²) in [5.41, 5.74) is 2.38. The van der Waals surface area contributed by atoms with E-state index in [2.05, 4.69) is 20.4 Å². The number of rotatable bonds is 3. The van der Waals surface area contributed by atoms with Crippen molar-refractivity contribution in [1.29, 1.82) is 0 Å². The highest BCUT2D eigenvalue weighted by molar-refractivity contribution is 7.18. The third kappa shape index (κ3) is 2.80. The van der Waals surface area contributed by atoms with Gasteiger partial charge in [-0.25, -0.2) is 4.98 Å². The molecule has 4 rings (SSSR count). The molecule has 3 heterocycles. The van der Waals surface area contributed by atoms with Crippen molar-refractivity contribution in [3.8, 4) is 0 Å². The normalized spacial score (nSPS) is 17.1. The monoisotopic (exact) mass is 346 g/mol. The van der Waals surface area contributed by atoms with Gasteiger partial charge in [0.15, 0.2) is 0 Å². The van der Waals surface area contributed by atoms with Crippen LogP contribution in [0.15, 0.2) is 41.6 Å². The molecule has 116 valence electrons. The van der Waals surface area contributed by atoms with E-state index in [1.807, 2.05) is 30.3 Å². The molecule has 1 aromatic carbocycles. The number of halogens is 1. The molecule has 0 saturated carbocycles. The molecule has 0 fully saturated rings. The molecule has 2 N–H and O–H groups in total. The topological polar surface area (TPSA) is 79.4 Å². The van der Waals surface area contributed by atoms with Crippen molar-refractivity contribution in [1.82, 2.24) is 9.97 Å². The highest BCUT2D eigenvalue weighted by Gasteiger charge is 2.30. The van der Waals surface area contributed by atoms with Gasteiger partial charge in [-0.15, -0.1) is 11.3 Å². The zero-order valence-corrected chi connectivity index (χ0v) is 13.3. The van der Waals surface area contributed by atoms with Gasteiger partial charge in [-0.05, 0) is 24.3 Å². The van der Waals surface area contributed by atoms with E-state index in [1.54, 1.807) is 6.07 Å². The number of nitrogens with one attached hydrogen (secondary N) is 2. The molecule has 0 saturated heterocycles. The van der Waals surface area contributed by atoms with Crippen molar-refractivity contribution in [2.45, 2.75) is 12.5 Å². The Hall–Kier alpha value is -2.38. The van der Waals surface area contributed by atoms with Crippen LogP contribution in [-0.2, 0) is 9.63 Å². The predicted octanol–water partition coefficient (Wildman–Crippen LogP) is 3.41. The van der Waals surface area contributed by atoms with Gasteiger partial charge in [0.2, 0.25) is 12.1 Å². The number of nitrogens with zero attached hydrogens (tertiary/aromatic N) is 2. The van der Waals surface area contributed by atoms with Crippen LogP contribution in [0.4, 0.5) is 5.95 Å². The van der Waals surface area contributed by atoms with Crippen molar-refractivity contribution in [2.75, 3.05) is 5.32 Å². The van der Waals surface area contributed by atoms with E-state index in [9.17, 15) is 4.79 Å². The minimum Gasteiger partial charge on any atom is -0.382 e. The Bertz CT molecular complexity index is 884. The van der Waals surface area contributed by atoms with Gasteiger partial charge in [0.1, 0.15) is 5.71 Å². The fraction of sp³-hybridized carbons (Fsp3) is 0.133. The van der Waals surface area contributed by atoms with Crippen molar-refractivity contribution >= 4 is 51.5 Å². The number of aromatic nitrogens is 2. The third-order valence-corrected chi connectivity index (χ3v) is 4.73. The number of amides is 1. The summed E-state index contributed by atoms with van der Waals surface area (Å²) in [5, 5.41) is 6.71. The standard InChI is InChI=1S/C15H11ClN4O2S/c16-13-6-5-12(23-13)10-7-11(22-20-10)14(21)19-15-17-8-3-1-2-4-9(8)18-15/h1-6,11H,7H2,(H2,17,18,19,21)/t11-/m0/s1. The molecule has 2 aromatic heterocycles. The third-order valence-electron chi connectivity index (χ3n) is 3.45. The number of hydrogen-bond acceptors (Lipinski definition) is 5. The lowest BCUT2D eigenvalue weighted by atomic mass is 10.1. The van der Waals surface area contributed by atoms with Gasteiger partial charge >= 0.3 is 0 Å². The number of thiophene rings is 1. The summed E-state index contributed by atoms with van der Waals surface area (Å²) in [5.74, 6) is 0.109. The van der Waals surface area contributed by atoms with Crippen molar-refractivity contribution in [3.63, 3.8) is 0 Å². The van der Waals surface area contributed by atoms with E-state index >= 15 is 0 Å². The summed E-state index contributed by atoms with van der Waals surface area (Å²) in [4.78, 5) is 25.8. The summed E-state index contributed by atoms with van der Waals surface area (Å²) >= 11 is 7.32. The smallest absolute Gasteiger partial charge is 0.271 e. The quantitative estimate of drug-likeness (QED) is 0.762. The second-order valence-corrected chi connectivity index (χ2v) is 6.75. The van der Waals surface area contributed by atoms with E-state index in [1.165, 1.54) is 11.3 Å². The second kappa shape index (κ2) is 5.68. The summed E-state index contributed by atoms with van der Waals surface area (Å²) in [6.45, 7) is 0. The molecular weight excluding hydrogens is 336 g/mol. The van der Waals surface area contributed by atoms with Gasteiger partial charge in [0.05, 0.1) is 20.2 Å². The van der Waals surface area contributed by atoms with Gasteiger partial charge in [-0.1, -0.05) is 28.9 Å². The lowest BCUT2D eigenvalue weighted by Gasteiger charge is -2.06. The Morgan fingerprint density at radius 1 is 1.35 bits per heavy atom. The number of para-hydroxylation sites is 2. The zero-order chi connectivity index (χ0) is 15.8. The van der Waals surface area contributed by atoms with E-state index in [-0.39, 0.29) is 5.91 Å². The van der Waals surface area contributed by atoms with Crippen LogP contribution in [0.2, 0.25) is 4.34 Å². The number of fused-ring (bicyclic) bond motifs is 1. The number of benzene rings is 1. The first-order valence-electron chi connectivity index (χ1n) is 6.93. The Morgan fingerprint density at radius 2 is 2.22 bits per heavy atom. The minimum atomic E-state index is -0.668. The number of H-pyrrole nitrogens is 1. The Morgan fingerprint density at radius 3 is 3.00 bits per heavy atom. The Labute approximate surface area is 140 Å². The van der Waals surface area contributed by atoms with E-state index in [0.29, 0.717) is 16.7 Å². The van der Waals surface area contributed by atoms with Crippen LogP contribution < -0.4 is 5.32 Å². The van der Waals surface area contributed by atoms with E-state index in [0.717, 1.165) is 21.6 Å². The van der Waals surface area contributed by atoms with Crippen molar-refractivity contribution in [2.24, 2.45) is 5.16 Å². The predicted molar refractivity (Wildman–Crippen MR) is 90.1 cm³/mol. The van der Waals surface area contributed by atoms with Crippen molar-refractivity contribution in [3.05, 3.63) is 45.6 Å². The maximum Gasteiger partial charge on any atom is 0.271 e. The maximum atomic E-state index is 12.3. The molecule has 6 nitrogen and oxygen atoms in total. The number of carbonyl (C=O) groups excluding carboxylic acids is 1. The first kappa shape index (κ1) is 14.2. The number of anilines is 1. The number of imidazole rings is 1. The Kier molecular flexibility index (Phi) is 3.51. The largest absolute Gasteiger partial charge is 0.382 e. The van der Waals surface area contributed by atoms with Gasteiger partial charge < -0.3 is 9.82 Å². The molecule has 1 atom stereocenters. The van der Waals surface area contributed by atoms with Gasteiger partial charge in [0.25, 0.3) is 5.91 Å². The average Bonchev–Trinajstić information content (AvgIpc) is 3.24. The second-order valence-electron chi connectivity index (χ2n) is 5.03. The van der Waals surface area contributed by atoms with E-state index in [4.69, 9.17) is 16.4 Å². The van der Waals surface area contributed by atoms with Crippen LogP contribution >= 0.6 is 22.9 Å². The van der Waals surface area contributed by atoms with Gasteiger partial charge in [0, 0.05) is 6.42 Å². The van der Waals surface area contributed by atoms with Crippen LogP contribution in [0.1, 0.15) is 11.3 Å². The van der Waals surface area contributed by atoms with Crippen LogP contribution in [-0.4, -0.2) is 27.7 Å². The maximum absolute atomic E-state index is 12.3. The van der Waals surface area contributed by atoms with Crippen molar-refractivity contribution < 1.29 is 9.63 Å². The molecule has 0 bridgehead atoms. The number of carbonyl (C=O) groups is 1. The SMILES string of the molecule is O=C(Nc1nc2ccccc2[nH]1)[C@@H]1CC(c2ccc(Cl)s2)=NO1. The Balaban J connectivity index is 1.44. The zero-order valence-electron chi connectivity index (χ0n) is 11.7. The minimum absolute atomic E-state index is 0.287. The first-order chi connectivity index (χ1) is 11.2. The fourth-order valence-electron chi connectivity index (χ4n) is 2.34. The molecule has 0 unspecified atom stereocenters. The molecule has 0 spiro atoms. The molecule has 0 aliphatic carbocycles. The lowest BCUT2D eigenvalue weighted by Crippen LogP contribution is -2.28. The summed E-state index contributed by atoms with van der Waals surface area (Å²) < 4.78 is 0.679. The molecule has 1 aliphatic heterocycles. The van der Waals surface area contributed by atoms with Crippen LogP contribution in [0, 0.1) is 0 Å².